The molecule has 0 bridgehead atoms. The molecule has 0 aromatic heterocycles. The molecule has 0 aromatic carbocycles. The molecule has 0 aliphatic rings. The van der Waals surface area contributed by atoms with Crippen LogP contribution >= 0.6 is 0 Å². The first-order chi connectivity index (χ1) is 2.81. The molecule has 0 saturated carbocycles. The molecular formula is CH4N4O. The lowest BCUT2D eigenvalue weighted by Crippen LogP contribution is -2.08. The van der Waals surface area contributed by atoms with Gasteiger partial charge >= 0.3 is 0 Å². The van der Waals surface area contributed by atoms with Crippen LogP contribution in [-0.2, 0) is 0 Å². The summed E-state index contributed by atoms with van der Waals surface area (Å²) in [4.78, 5) is 9.15. The standard InChI is InChI=1S/CH4N4O/c2-1(4-3)5-6/h3H2,(H2,2,4). The molecular weight excluding hydrogens is 84.0 g/mol. The summed E-state index contributed by atoms with van der Waals surface area (Å²) in [7, 11) is 0. The van der Waals surface area contributed by atoms with Crippen molar-refractivity contribution in [1.82, 2.24) is 0 Å². The maximum atomic E-state index is 9.15. The number of guanidine groups is 1. The Balaban J connectivity index is 3.50. The topological polar surface area (TPSA) is 93.8 Å². The van der Waals surface area contributed by atoms with Crippen LogP contribution in [0, 0.1) is 4.91 Å². The van der Waals surface area contributed by atoms with Gasteiger partial charge in [0.2, 0.25) is 0 Å². The van der Waals surface area contributed by atoms with Crippen molar-refractivity contribution in [3.8, 4) is 0 Å². The van der Waals surface area contributed by atoms with E-state index in [9.17, 15) is 0 Å². The van der Waals surface area contributed by atoms with E-state index in [-0.39, 0.29) is 0 Å². The zero-order valence-corrected chi connectivity index (χ0v) is 2.96. The van der Waals surface area contributed by atoms with Gasteiger partial charge in [-0.3, -0.25) is 0 Å². The maximum Gasteiger partial charge on any atom is 0.278 e. The molecule has 6 heavy (non-hydrogen) atoms. The number of nitrogens with two attached hydrogens (primary N) is 2. The highest BCUT2D eigenvalue weighted by Gasteiger charge is 1.77. The Labute approximate surface area is 34.0 Å². The molecule has 0 rings (SSSR count). The molecule has 5 heteroatoms. The number of nitrogens with zero attached hydrogens (tertiary/aromatic N) is 2. The predicted octanol–water partition coefficient (Wildman–Crippen LogP) is -1.06. The summed E-state index contributed by atoms with van der Waals surface area (Å²) in [5.74, 6) is 4.02. The number of rotatable bonds is 0. The lowest BCUT2D eigenvalue weighted by atomic mass is 11.1. The van der Waals surface area contributed by atoms with E-state index < -0.39 is 5.96 Å². The Hall–Kier alpha value is -1.13. The smallest absolute Gasteiger partial charge is 0.278 e. The van der Waals surface area contributed by atoms with Crippen LogP contribution < -0.4 is 11.6 Å². The fourth-order valence-electron chi connectivity index (χ4n) is 0.0236. The van der Waals surface area contributed by atoms with E-state index in [4.69, 9.17) is 4.91 Å². The highest BCUT2D eigenvalue weighted by Crippen LogP contribution is 1.57. The van der Waals surface area contributed by atoms with Crippen molar-refractivity contribution < 1.29 is 0 Å². The molecule has 0 heterocycles. The molecule has 0 fully saturated rings. The summed E-state index contributed by atoms with van der Waals surface area (Å²) >= 11 is 0. The Kier molecular flexibility index (Phi) is 1.73. The Bertz CT molecular complexity index is 75.6. The minimum atomic E-state index is -0.435. The molecule has 5 nitrogen and oxygen atoms in total. The van der Waals surface area contributed by atoms with E-state index in [1.165, 1.54) is 0 Å². The second-order valence-electron chi connectivity index (χ2n) is 0.579. The van der Waals surface area contributed by atoms with Crippen LogP contribution in [0.2, 0.25) is 0 Å². The van der Waals surface area contributed by atoms with Crippen molar-refractivity contribution in [1.29, 1.82) is 0 Å². The van der Waals surface area contributed by atoms with Gasteiger partial charge in [0.1, 0.15) is 0 Å². The van der Waals surface area contributed by atoms with Crippen LogP contribution in [0.15, 0.2) is 10.3 Å². The third-order valence-corrected chi connectivity index (χ3v) is 0.226. The molecule has 0 spiro atoms. The number of hydrogen-bond acceptors (Lipinski definition) is 3. The van der Waals surface area contributed by atoms with E-state index in [1.807, 2.05) is 0 Å². The molecule has 0 saturated heterocycles. The molecule has 0 amide bonds. The molecule has 4 N–H and O–H groups in total. The summed E-state index contributed by atoms with van der Waals surface area (Å²) < 4.78 is 0. The first-order valence-corrected chi connectivity index (χ1v) is 1.18. The zero-order chi connectivity index (χ0) is 4.99. The van der Waals surface area contributed by atoms with Gasteiger partial charge in [-0.15, -0.1) is 10.0 Å². The normalized spacial score (nSPS) is 11.0. The fourth-order valence-corrected chi connectivity index (χ4v) is 0.0236. The Morgan fingerprint density at radius 3 is 2.17 bits per heavy atom. The summed E-state index contributed by atoms with van der Waals surface area (Å²) in [5.41, 5.74) is 4.62. The van der Waals surface area contributed by atoms with Crippen LogP contribution in [0.4, 0.5) is 0 Å². The highest BCUT2D eigenvalue weighted by molar-refractivity contribution is 5.77. The van der Waals surface area contributed by atoms with E-state index in [1.54, 1.807) is 0 Å². The van der Waals surface area contributed by atoms with Crippen LogP contribution in [-0.4, -0.2) is 5.96 Å². The predicted molar refractivity (Wildman–Crippen MR) is 21.6 cm³/mol. The van der Waals surface area contributed by atoms with Crippen molar-refractivity contribution in [2.24, 2.45) is 21.9 Å². The second-order valence-corrected chi connectivity index (χ2v) is 0.579. The van der Waals surface area contributed by atoms with Gasteiger partial charge in [0, 0.05) is 5.18 Å². The molecule has 0 radical (unpaired) electrons. The summed E-state index contributed by atoms with van der Waals surface area (Å²) in [6.07, 6.45) is 0. The van der Waals surface area contributed by atoms with E-state index in [0.717, 1.165) is 0 Å². The van der Waals surface area contributed by atoms with Gasteiger partial charge in [-0.1, -0.05) is 0 Å². The molecule has 0 aromatic rings. The van der Waals surface area contributed by atoms with Crippen LogP contribution in [0.3, 0.4) is 0 Å². The average molecular weight is 88.1 g/mol. The summed E-state index contributed by atoms with van der Waals surface area (Å²) in [6.45, 7) is 0. The number of hydrazone groups is 1. The zero-order valence-electron chi connectivity index (χ0n) is 2.96. The summed E-state index contributed by atoms with van der Waals surface area (Å²) in [5, 5.41) is 4.88. The summed E-state index contributed by atoms with van der Waals surface area (Å²) in [6, 6.07) is 0. The van der Waals surface area contributed by atoms with Crippen LogP contribution in [0.1, 0.15) is 0 Å². The van der Waals surface area contributed by atoms with Gasteiger partial charge in [0.25, 0.3) is 5.96 Å². The quantitative estimate of drug-likeness (QED) is 0.130. The number of nitroso groups, excluding NO2 is 1. The van der Waals surface area contributed by atoms with Crippen LogP contribution in [0.25, 0.3) is 0 Å². The van der Waals surface area contributed by atoms with Crippen molar-refractivity contribution in [2.45, 2.75) is 0 Å². The van der Waals surface area contributed by atoms with Gasteiger partial charge in [-0.05, 0) is 0 Å². The molecule has 34 valence electrons. The van der Waals surface area contributed by atoms with Crippen LogP contribution in [0.5, 0.6) is 0 Å². The lowest BCUT2D eigenvalue weighted by Gasteiger charge is -1.73. The molecule has 0 aliphatic carbocycles. The van der Waals surface area contributed by atoms with Crippen molar-refractivity contribution in [3.05, 3.63) is 4.91 Å². The fraction of sp³-hybridized carbons (Fsp3) is 0. The van der Waals surface area contributed by atoms with Crippen molar-refractivity contribution >= 4 is 5.96 Å². The highest BCUT2D eigenvalue weighted by atomic mass is 16.3. The second kappa shape index (κ2) is 2.13. The van der Waals surface area contributed by atoms with Crippen molar-refractivity contribution in [3.63, 3.8) is 0 Å². The van der Waals surface area contributed by atoms with Gasteiger partial charge in [0.05, 0.1) is 0 Å². The minimum absolute atomic E-state index is 0.435. The number of hydrogen-bond donors (Lipinski definition) is 2. The third kappa shape index (κ3) is 1.22. The van der Waals surface area contributed by atoms with E-state index in [0.29, 0.717) is 0 Å². The van der Waals surface area contributed by atoms with Gasteiger partial charge in [-0.2, -0.15) is 0 Å². The van der Waals surface area contributed by atoms with Gasteiger partial charge in [-0.25, -0.2) is 0 Å². The third-order valence-electron chi connectivity index (χ3n) is 0.226. The maximum absolute atomic E-state index is 9.15. The molecule has 0 atom stereocenters. The van der Waals surface area contributed by atoms with Crippen molar-refractivity contribution in [2.75, 3.05) is 0 Å². The molecule has 0 unspecified atom stereocenters. The SMILES string of the molecule is NN=C(N)N=O. The Morgan fingerprint density at radius 1 is 1.67 bits per heavy atom. The average Bonchev–Trinajstić information content (AvgIpc) is 1.65. The van der Waals surface area contributed by atoms with Gasteiger partial charge in [0.15, 0.2) is 0 Å². The first kappa shape index (κ1) is 4.87. The van der Waals surface area contributed by atoms with E-state index >= 15 is 0 Å². The molecule has 0 aliphatic heterocycles. The largest absolute Gasteiger partial charge is 0.364 e. The Morgan fingerprint density at radius 2 is 2.17 bits per heavy atom. The first-order valence-electron chi connectivity index (χ1n) is 1.18. The van der Waals surface area contributed by atoms with Gasteiger partial charge < -0.3 is 11.6 Å². The minimum Gasteiger partial charge on any atom is -0.364 e. The monoisotopic (exact) mass is 88.0 g/mol. The lowest BCUT2D eigenvalue weighted by molar-refractivity contribution is 1.21. The van der Waals surface area contributed by atoms with E-state index in [2.05, 4.69) is 21.9 Å².